The second kappa shape index (κ2) is 9.83. The third kappa shape index (κ3) is 4.92. The van der Waals surface area contributed by atoms with Crippen LogP contribution in [0.3, 0.4) is 0 Å². The maximum atomic E-state index is 12.6. The van der Waals surface area contributed by atoms with Gasteiger partial charge in [-0.1, -0.05) is 31.2 Å². The minimum Gasteiger partial charge on any atom is -0.496 e. The molecule has 5 heteroatoms. The monoisotopic (exact) mass is 402 g/mol. The van der Waals surface area contributed by atoms with E-state index >= 15 is 0 Å². The van der Waals surface area contributed by atoms with Crippen LogP contribution in [0.4, 0.5) is 5.69 Å². The summed E-state index contributed by atoms with van der Waals surface area (Å²) in [6.07, 6.45) is 5.04. The zero-order chi connectivity index (χ0) is 21.5. The number of nitrogens with zero attached hydrogens (tertiary/aromatic N) is 2. The van der Waals surface area contributed by atoms with Gasteiger partial charge in [0, 0.05) is 49.1 Å². The zero-order valence-electron chi connectivity index (χ0n) is 17.6. The Morgan fingerprint density at radius 2 is 1.83 bits per heavy atom. The summed E-state index contributed by atoms with van der Waals surface area (Å²) < 4.78 is 5.56. The van der Waals surface area contributed by atoms with E-state index in [-0.39, 0.29) is 11.7 Å². The van der Waals surface area contributed by atoms with Crippen molar-refractivity contribution >= 4 is 17.4 Å². The number of ketones is 1. The van der Waals surface area contributed by atoms with Gasteiger partial charge < -0.3 is 9.64 Å². The van der Waals surface area contributed by atoms with E-state index in [9.17, 15) is 9.59 Å². The van der Waals surface area contributed by atoms with Gasteiger partial charge in [-0.3, -0.25) is 14.6 Å². The third-order valence-corrected chi connectivity index (χ3v) is 5.13. The minimum absolute atomic E-state index is 0.0643. The highest BCUT2D eigenvalue weighted by Gasteiger charge is 2.13. The molecule has 0 unspecified atom stereocenters. The summed E-state index contributed by atoms with van der Waals surface area (Å²) >= 11 is 0. The SMILES string of the molecule is CCC(=O)N(C)c1ccc(-c2ccc(C(=O)CCc3cccnc3)cc2OC)cc1. The lowest BCUT2D eigenvalue weighted by atomic mass is 9.98. The van der Waals surface area contributed by atoms with E-state index in [0.717, 1.165) is 22.4 Å². The molecule has 0 radical (unpaired) electrons. The lowest BCUT2D eigenvalue weighted by molar-refractivity contribution is -0.118. The van der Waals surface area contributed by atoms with Crippen molar-refractivity contribution in [3.8, 4) is 16.9 Å². The van der Waals surface area contributed by atoms with Crippen molar-refractivity contribution in [1.82, 2.24) is 4.98 Å². The normalized spacial score (nSPS) is 10.5. The van der Waals surface area contributed by atoms with Crippen LogP contribution in [0.25, 0.3) is 11.1 Å². The van der Waals surface area contributed by atoms with Gasteiger partial charge >= 0.3 is 0 Å². The van der Waals surface area contributed by atoms with Gasteiger partial charge in [-0.2, -0.15) is 0 Å². The standard InChI is InChI=1S/C25H26N2O3/c1-4-25(29)27(2)21-11-8-19(9-12-21)22-13-10-20(16-24(22)30-3)23(28)14-7-18-6-5-15-26-17-18/h5-6,8-13,15-17H,4,7,14H2,1-3H3. The fourth-order valence-electron chi connectivity index (χ4n) is 3.30. The van der Waals surface area contributed by atoms with Crippen molar-refractivity contribution in [2.45, 2.75) is 26.2 Å². The van der Waals surface area contributed by atoms with Crippen LogP contribution in [0.1, 0.15) is 35.7 Å². The largest absolute Gasteiger partial charge is 0.496 e. The Morgan fingerprint density at radius 1 is 1.07 bits per heavy atom. The fraction of sp³-hybridized carbons (Fsp3) is 0.240. The molecule has 1 aromatic heterocycles. The van der Waals surface area contributed by atoms with Crippen LogP contribution in [0.5, 0.6) is 5.75 Å². The zero-order valence-corrected chi connectivity index (χ0v) is 17.6. The molecule has 0 bridgehead atoms. The maximum Gasteiger partial charge on any atom is 0.226 e. The van der Waals surface area contributed by atoms with Crippen molar-refractivity contribution in [3.63, 3.8) is 0 Å². The highest BCUT2D eigenvalue weighted by atomic mass is 16.5. The van der Waals surface area contributed by atoms with Crippen molar-refractivity contribution < 1.29 is 14.3 Å². The lowest BCUT2D eigenvalue weighted by Gasteiger charge is -2.17. The lowest BCUT2D eigenvalue weighted by Crippen LogP contribution is -2.24. The number of hydrogen-bond acceptors (Lipinski definition) is 4. The number of amides is 1. The second-order valence-corrected chi connectivity index (χ2v) is 7.05. The molecule has 0 fully saturated rings. The quantitative estimate of drug-likeness (QED) is 0.501. The van der Waals surface area contributed by atoms with Crippen LogP contribution in [-0.4, -0.2) is 30.8 Å². The first kappa shape index (κ1) is 21.2. The van der Waals surface area contributed by atoms with E-state index in [1.165, 1.54) is 0 Å². The summed E-state index contributed by atoms with van der Waals surface area (Å²) in [7, 11) is 3.37. The molecule has 3 aromatic rings. The van der Waals surface area contributed by atoms with Gasteiger partial charge in [0.15, 0.2) is 5.78 Å². The van der Waals surface area contributed by atoms with Crippen LogP contribution in [0.2, 0.25) is 0 Å². The smallest absolute Gasteiger partial charge is 0.226 e. The molecular weight excluding hydrogens is 376 g/mol. The number of benzene rings is 2. The molecule has 1 amide bonds. The summed E-state index contributed by atoms with van der Waals surface area (Å²) in [5, 5.41) is 0. The predicted octanol–water partition coefficient (Wildman–Crippen LogP) is 4.95. The van der Waals surface area contributed by atoms with Crippen molar-refractivity contribution in [2.75, 3.05) is 19.1 Å². The summed E-state index contributed by atoms with van der Waals surface area (Å²) in [4.78, 5) is 30.2. The van der Waals surface area contributed by atoms with Gasteiger partial charge in [-0.15, -0.1) is 0 Å². The number of Topliss-reactive ketones (excluding diaryl/α,β-unsaturated/α-hetero) is 1. The number of hydrogen-bond donors (Lipinski definition) is 0. The fourth-order valence-corrected chi connectivity index (χ4v) is 3.30. The molecular formula is C25H26N2O3. The molecule has 0 saturated heterocycles. The minimum atomic E-state index is 0.0643. The Morgan fingerprint density at radius 3 is 2.47 bits per heavy atom. The van der Waals surface area contributed by atoms with E-state index in [1.807, 2.05) is 55.5 Å². The van der Waals surface area contributed by atoms with Crippen LogP contribution in [-0.2, 0) is 11.2 Å². The number of anilines is 1. The van der Waals surface area contributed by atoms with Crippen LogP contribution in [0.15, 0.2) is 67.0 Å². The first-order valence-corrected chi connectivity index (χ1v) is 10.0. The molecule has 0 aliphatic rings. The van der Waals surface area contributed by atoms with E-state index in [2.05, 4.69) is 4.98 Å². The molecule has 0 aliphatic carbocycles. The number of methoxy groups -OCH3 is 1. The van der Waals surface area contributed by atoms with Gasteiger partial charge in [0.05, 0.1) is 7.11 Å². The molecule has 30 heavy (non-hydrogen) atoms. The Kier molecular flexibility index (Phi) is 6.96. The molecule has 5 nitrogen and oxygen atoms in total. The summed E-state index contributed by atoms with van der Waals surface area (Å²) in [6.45, 7) is 1.84. The topological polar surface area (TPSA) is 59.5 Å². The van der Waals surface area contributed by atoms with Gasteiger partial charge in [0.25, 0.3) is 0 Å². The molecule has 0 atom stereocenters. The number of pyridine rings is 1. The molecule has 3 rings (SSSR count). The molecule has 2 aromatic carbocycles. The van der Waals surface area contributed by atoms with Crippen molar-refractivity contribution in [1.29, 1.82) is 0 Å². The van der Waals surface area contributed by atoms with Gasteiger partial charge in [0.1, 0.15) is 5.75 Å². The van der Waals surface area contributed by atoms with Crippen molar-refractivity contribution in [2.24, 2.45) is 0 Å². The van der Waals surface area contributed by atoms with Gasteiger partial charge in [-0.05, 0) is 47.9 Å². The summed E-state index contributed by atoms with van der Waals surface area (Å²) in [5.74, 6) is 0.779. The first-order chi connectivity index (χ1) is 14.5. The maximum absolute atomic E-state index is 12.6. The average molecular weight is 402 g/mol. The number of aromatic nitrogens is 1. The molecule has 154 valence electrons. The Balaban J connectivity index is 1.77. The molecule has 0 N–H and O–H groups in total. The Labute approximate surface area is 177 Å². The van der Waals surface area contributed by atoms with E-state index in [0.29, 0.717) is 30.6 Å². The van der Waals surface area contributed by atoms with Gasteiger partial charge in [-0.25, -0.2) is 0 Å². The van der Waals surface area contributed by atoms with Crippen LogP contribution < -0.4 is 9.64 Å². The highest BCUT2D eigenvalue weighted by Crippen LogP contribution is 2.32. The highest BCUT2D eigenvalue weighted by molar-refractivity contribution is 5.97. The number of carbonyl (C=O) groups is 2. The third-order valence-electron chi connectivity index (χ3n) is 5.13. The predicted molar refractivity (Wildman–Crippen MR) is 119 cm³/mol. The second-order valence-electron chi connectivity index (χ2n) is 7.05. The first-order valence-electron chi connectivity index (χ1n) is 10.0. The van der Waals surface area contributed by atoms with E-state index < -0.39 is 0 Å². The molecule has 0 aliphatic heterocycles. The average Bonchev–Trinajstić information content (AvgIpc) is 2.81. The molecule has 0 spiro atoms. The summed E-state index contributed by atoms with van der Waals surface area (Å²) in [5.41, 5.74) is 4.37. The van der Waals surface area contributed by atoms with Crippen LogP contribution >= 0.6 is 0 Å². The molecule has 1 heterocycles. The summed E-state index contributed by atoms with van der Waals surface area (Å²) in [6, 6.07) is 17.1. The number of rotatable bonds is 8. The van der Waals surface area contributed by atoms with Crippen molar-refractivity contribution in [3.05, 3.63) is 78.1 Å². The Hall–Kier alpha value is -3.47. The van der Waals surface area contributed by atoms with Gasteiger partial charge in [0.2, 0.25) is 5.91 Å². The van der Waals surface area contributed by atoms with E-state index in [4.69, 9.17) is 4.74 Å². The Bertz CT molecular complexity index is 1010. The number of ether oxygens (including phenoxy) is 1. The number of carbonyl (C=O) groups excluding carboxylic acids is 2. The van der Waals surface area contributed by atoms with Crippen LogP contribution in [0, 0.1) is 0 Å². The molecule has 0 saturated carbocycles. The van der Waals surface area contributed by atoms with E-state index in [1.54, 1.807) is 37.5 Å². The number of aryl methyl sites for hydroxylation is 1.